The number of benzene rings is 2. The SMILES string of the molecule is O=C(Oc1ccc2cc(-c3ccc4c(c3)OCCO4)c(=O)oc2c1)C1CC1. The highest BCUT2D eigenvalue weighted by Crippen LogP contribution is 2.35. The van der Waals surface area contributed by atoms with E-state index in [1.165, 1.54) is 0 Å². The number of hydrogen-bond acceptors (Lipinski definition) is 6. The summed E-state index contributed by atoms with van der Waals surface area (Å²) < 4.78 is 21.9. The molecule has 2 aliphatic rings. The van der Waals surface area contributed by atoms with Crippen LogP contribution in [0, 0.1) is 5.92 Å². The number of fused-ring (bicyclic) bond motifs is 2. The molecule has 0 radical (unpaired) electrons. The van der Waals surface area contributed by atoms with Gasteiger partial charge in [-0.15, -0.1) is 0 Å². The summed E-state index contributed by atoms with van der Waals surface area (Å²) >= 11 is 0. The van der Waals surface area contributed by atoms with Gasteiger partial charge in [-0.05, 0) is 48.7 Å². The summed E-state index contributed by atoms with van der Waals surface area (Å²) in [5.41, 5.74) is 1.04. The lowest BCUT2D eigenvalue weighted by Crippen LogP contribution is -2.15. The molecule has 3 aromatic rings. The predicted molar refractivity (Wildman–Crippen MR) is 97.3 cm³/mol. The molecule has 1 aliphatic carbocycles. The van der Waals surface area contributed by atoms with E-state index < -0.39 is 5.63 Å². The van der Waals surface area contributed by atoms with Crippen molar-refractivity contribution in [1.29, 1.82) is 0 Å². The van der Waals surface area contributed by atoms with E-state index in [9.17, 15) is 9.59 Å². The van der Waals surface area contributed by atoms with Crippen LogP contribution in [0.3, 0.4) is 0 Å². The van der Waals surface area contributed by atoms with Gasteiger partial charge < -0.3 is 18.6 Å². The summed E-state index contributed by atoms with van der Waals surface area (Å²) in [6, 6.07) is 12.2. The van der Waals surface area contributed by atoms with Crippen LogP contribution in [0.2, 0.25) is 0 Å². The minimum Gasteiger partial charge on any atom is -0.486 e. The summed E-state index contributed by atoms with van der Waals surface area (Å²) in [4.78, 5) is 24.3. The Labute approximate surface area is 154 Å². The maximum Gasteiger partial charge on any atom is 0.344 e. The van der Waals surface area contributed by atoms with Crippen molar-refractivity contribution in [3.8, 4) is 28.4 Å². The van der Waals surface area contributed by atoms with Gasteiger partial charge in [0.2, 0.25) is 0 Å². The molecule has 0 spiro atoms. The molecule has 0 atom stereocenters. The van der Waals surface area contributed by atoms with E-state index in [4.69, 9.17) is 18.6 Å². The quantitative estimate of drug-likeness (QED) is 0.402. The van der Waals surface area contributed by atoms with Gasteiger partial charge in [-0.3, -0.25) is 4.79 Å². The second kappa shape index (κ2) is 6.16. The Kier molecular flexibility index (Phi) is 3.63. The van der Waals surface area contributed by atoms with Gasteiger partial charge in [-0.1, -0.05) is 6.07 Å². The van der Waals surface area contributed by atoms with Crippen LogP contribution in [-0.4, -0.2) is 19.2 Å². The van der Waals surface area contributed by atoms with Crippen molar-refractivity contribution < 1.29 is 23.4 Å². The van der Waals surface area contributed by atoms with Crippen molar-refractivity contribution in [1.82, 2.24) is 0 Å². The van der Waals surface area contributed by atoms with E-state index in [-0.39, 0.29) is 11.9 Å². The van der Waals surface area contributed by atoms with Crippen LogP contribution in [0.1, 0.15) is 12.8 Å². The van der Waals surface area contributed by atoms with Gasteiger partial charge in [-0.25, -0.2) is 4.79 Å². The third kappa shape index (κ3) is 3.03. The van der Waals surface area contributed by atoms with Crippen LogP contribution < -0.4 is 19.8 Å². The summed E-state index contributed by atoms with van der Waals surface area (Å²) in [5.74, 6) is 1.43. The predicted octanol–water partition coefficient (Wildman–Crippen LogP) is 3.55. The summed E-state index contributed by atoms with van der Waals surface area (Å²) in [7, 11) is 0. The molecule has 27 heavy (non-hydrogen) atoms. The highest BCUT2D eigenvalue weighted by Gasteiger charge is 2.31. The first-order valence-corrected chi connectivity index (χ1v) is 8.87. The smallest absolute Gasteiger partial charge is 0.344 e. The van der Waals surface area contributed by atoms with E-state index in [0.717, 1.165) is 18.2 Å². The Balaban J connectivity index is 1.51. The Morgan fingerprint density at radius 3 is 2.59 bits per heavy atom. The minimum atomic E-state index is -0.468. The third-order valence-corrected chi connectivity index (χ3v) is 4.69. The Bertz CT molecular complexity index is 1110. The van der Waals surface area contributed by atoms with E-state index in [1.54, 1.807) is 42.5 Å². The zero-order valence-corrected chi connectivity index (χ0v) is 14.4. The van der Waals surface area contributed by atoms with Crippen molar-refractivity contribution in [3.05, 3.63) is 52.9 Å². The topological polar surface area (TPSA) is 75.0 Å². The Hall–Kier alpha value is -3.28. The first-order chi connectivity index (χ1) is 13.2. The normalized spacial score (nSPS) is 15.6. The van der Waals surface area contributed by atoms with E-state index >= 15 is 0 Å². The summed E-state index contributed by atoms with van der Waals surface area (Å²) in [6.45, 7) is 0.989. The molecule has 6 heteroatoms. The first kappa shape index (κ1) is 15.9. The molecule has 5 rings (SSSR count). The maximum absolute atomic E-state index is 12.5. The number of hydrogen-bond donors (Lipinski definition) is 0. The van der Waals surface area contributed by atoms with Gasteiger partial charge in [0.1, 0.15) is 24.5 Å². The van der Waals surface area contributed by atoms with E-state index in [0.29, 0.717) is 47.2 Å². The van der Waals surface area contributed by atoms with Gasteiger partial charge in [0.05, 0.1) is 11.5 Å². The molecule has 1 saturated carbocycles. The van der Waals surface area contributed by atoms with Crippen molar-refractivity contribution in [2.45, 2.75) is 12.8 Å². The highest BCUT2D eigenvalue weighted by atomic mass is 16.6. The molecule has 136 valence electrons. The molecule has 1 fully saturated rings. The molecule has 2 heterocycles. The molecule has 0 saturated heterocycles. The fourth-order valence-corrected chi connectivity index (χ4v) is 3.09. The standard InChI is InChI=1S/C21H16O6/c22-20(12-1-2-12)26-15-5-3-14-9-16(21(23)27-18(14)11-15)13-4-6-17-19(10-13)25-8-7-24-17/h3-6,9-12H,1-2,7-8H2. The Morgan fingerprint density at radius 2 is 1.78 bits per heavy atom. The lowest BCUT2D eigenvalue weighted by Gasteiger charge is -2.18. The van der Waals surface area contributed by atoms with E-state index in [2.05, 4.69) is 0 Å². The average Bonchev–Trinajstić information content (AvgIpc) is 3.52. The van der Waals surface area contributed by atoms with Crippen molar-refractivity contribution >= 4 is 16.9 Å². The zero-order valence-electron chi connectivity index (χ0n) is 14.4. The first-order valence-electron chi connectivity index (χ1n) is 8.87. The molecular weight excluding hydrogens is 348 g/mol. The lowest BCUT2D eigenvalue weighted by molar-refractivity contribution is -0.135. The van der Waals surface area contributed by atoms with E-state index in [1.807, 2.05) is 0 Å². The molecular formula is C21H16O6. The molecule has 2 aromatic carbocycles. The van der Waals surface area contributed by atoms with Gasteiger partial charge in [0, 0.05) is 11.5 Å². The van der Waals surface area contributed by atoms with Gasteiger partial charge in [0.15, 0.2) is 11.5 Å². The van der Waals surface area contributed by atoms with Gasteiger partial charge in [-0.2, -0.15) is 0 Å². The second-order valence-corrected chi connectivity index (χ2v) is 6.70. The van der Waals surface area contributed by atoms with Crippen LogP contribution in [0.15, 0.2) is 51.7 Å². The molecule has 0 bridgehead atoms. The number of carbonyl (C=O) groups excluding carboxylic acids is 1. The largest absolute Gasteiger partial charge is 0.486 e. The van der Waals surface area contributed by atoms with Crippen molar-refractivity contribution in [3.63, 3.8) is 0 Å². The minimum absolute atomic E-state index is 0.00490. The zero-order chi connectivity index (χ0) is 18.4. The molecule has 0 N–H and O–H groups in total. The summed E-state index contributed by atoms with van der Waals surface area (Å²) in [5, 5.41) is 0.741. The number of carbonyl (C=O) groups is 1. The lowest BCUT2D eigenvalue weighted by atomic mass is 10.1. The average molecular weight is 364 g/mol. The fourth-order valence-electron chi connectivity index (χ4n) is 3.09. The van der Waals surface area contributed by atoms with Crippen LogP contribution >= 0.6 is 0 Å². The van der Waals surface area contributed by atoms with Crippen molar-refractivity contribution in [2.24, 2.45) is 5.92 Å². The van der Waals surface area contributed by atoms with Gasteiger partial charge >= 0.3 is 11.6 Å². The fraction of sp³-hybridized carbons (Fsp3) is 0.238. The number of rotatable bonds is 3. The summed E-state index contributed by atoms with van der Waals surface area (Å²) in [6.07, 6.45) is 1.75. The second-order valence-electron chi connectivity index (χ2n) is 6.70. The van der Waals surface area contributed by atoms with Crippen molar-refractivity contribution in [2.75, 3.05) is 13.2 Å². The molecule has 6 nitrogen and oxygen atoms in total. The van der Waals surface area contributed by atoms with Crippen LogP contribution in [0.25, 0.3) is 22.1 Å². The molecule has 0 amide bonds. The third-order valence-electron chi connectivity index (χ3n) is 4.69. The van der Waals surface area contributed by atoms with Crippen LogP contribution in [0.4, 0.5) is 0 Å². The molecule has 1 aromatic heterocycles. The van der Waals surface area contributed by atoms with Gasteiger partial charge in [0.25, 0.3) is 0 Å². The molecule has 0 unspecified atom stereocenters. The molecule has 1 aliphatic heterocycles. The number of ether oxygens (including phenoxy) is 3. The number of esters is 1. The highest BCUT2D eigenvalue weighted by molar-refractivity contribution is 5.84. The maximum atomic E-state index is 12.5. The Morgan fingerprint density at radius 1 is 0.963 bits per heavy atom. The monoisotopic (exact) mass is 364 g/mol. The van der Waals surface area contributed by atoms with Crippen LogP contribution in [-0.2, 0) is 4.79 Å². The van der Waals surface area contributed by atoms with Crippen LogP contribution in [0.5, 0.6) is 17.2 Å².